The van der Waals surface area contributed by atoms with E-state index in [1.165, 1.54) is 35.7 Å². The molecule has 1 atom stereocenters. The number of anilines is 1. The van der Waals surface area contributed by atoms with E-state index in [9.17, 15) is 9.59 Å². The molecule has 2 heterocycles. The van der Waals surface area contributed by atoms with Gasteiger partial charge in [0.25, 0.3) is 5.56 Å². The van der Waals surface area contributed by atoms with Crippen LogP contribution in [0.4, 0.5) is 5.69 Å². The number of ether oxygens (including phenoxy) is 2. The van der Waals surface area contributed by atoms with Crippen molar-refractivity contribution in [3.63, 3.8) is 0 Å². The average Bonchev–Trinajstić information content (AvgIpc) is 2.62. The molecular formula is C16H17N3O4S. The highest BCUT2D eigenvalue weighted by molar-refractivity contribution is 7.99. The van der Waals surface area contributed by atoms with Crippen LogP contribution in [0.5, 0.6) is 11.5 Å². The van der Waals surface area contributed by atoms with Gasteiger partial charge in [-0.1, -0.05) is 11.8 Å². The molecule has 1 aliphatic heterocycles. The molecule has 1 N–H and O–H groups in total. The molecule has 1 amide bonds. The van der Waals surface area contributed by atoms with Crippen LogP contribution in [0.2, 0.25) is 0 Å². The van der Waals surface area contributed by atoms with Gasteiger partial charge in [0.15, 0.2) is 5.16 Å². The van der Waals surface area contributed by atoms with E-state index in [4.69, 9.17) is 9.47 Å². The van der Waals surface area contributed by atoms with Crippen molar-refractivity contribution in [2.75, 3.05) is 25.3 Å². The molecule has 0 saturated carbocycles. The van der Waals surface area contributed by atoms with Crippen LogP contribution in [0, 0.1) is 5.92 Å². The lowest BCUT2D eigenvalue weighted by Gasteiger charge is -2.24. The predicted molar refractivity (Wildman–Crippen MR) is 90.9 cm³/mol. The summed E-state index contributed by atoms with van der Waals surface area (Å²) in [6.45, 7) is 0.319. The number of rotatable bonds is 4. The number of nitrogens with one attached hydrogen (secondary N) is 1. The molecule has 1 aliphatic rings. The summed E-state index contributed by atoms with van der Waals surface area (Å²) in [5.41, 5.74) is 0.421. The Labute approximate surface area is 143 Å². The van der Waals surface area contributed by atoms with E-state index >= 15 is 0 Å². The number of nitrogens with zero attached hydrogens (tertiary/aromatic N) is 2. The maximum Gasteiger partial charge on any atom is 0.254 e. The minimum absolute atomic E-state index is 0.146. The Bertz CT molecular complexity index is 821. The standard InChI is InChI=1S/C16H17N3O4S/c1-22-11-3-4-12(13(7-11)23-2)18-15(21)10-8-19-14(20)5-6-17-16(19)24-9-10/h3-7,10H,8-9H2,1-2H3,(H,18,21)/t10-/m0/s1. The van der Waals surface area contributed by atoms with E-state index in [1.54, 1.807) is 25.3 Å². The zero-order valence-corrected chi connectivity index (χ0v) is 14.1. The summed E-state index contributed by atoms with van der Waals surface area (Å²) in [6.07, 6.45) is 1.49. The van der Waals surface area contributed by atoms with E-state index in [-0.39, 0.29) is 17.4 Å². The van der Waals surface area contributed by atoms with Crippen molar-refractivity contribution in [3.8, 4) is 11.5 Å². The highest BCUT2D eigenvalue weighted by atomic mass is 32.2. The molecule has 0 fully saturated rings. The summed E-state index contributed by atoms with van der Waals surface area (Å²) < 4.78 is 12.0. The molecule has 0 radical (unpaired) electrons. The third-order valence-electron chi connectivity index (χ3n) is 3.75. The second kappa shape index (κ2) is 6.96. The first-order valence-electron chi connectivity index (χ1n) is 7.34. The van der Waals surface area contributed by atoms with Gasteiger partial charge in [0.05, 0.1) is 25.8 Å². The molecular weight excluding hydrogens is 330 g/mol. The Hall–Kier alpha value is -2.48. The van der Waals surface area contributed by atoms with Crippen molar-refractivity contribution >= 4 is 23.4 Å². The Morgan fingerprint density at radius 2 is 2.17 bits per heavy atom. The lowest BCUT2D eigenvalue weighted by molar-refractivity contribution is -0.119. The molecule has 0 aliphatic carbocycles. The van der Waals surface area contributed by atoms with Gasteiger partial charge in [-0.3, -0.25) is 14.2 Å². The summed E-state index contributed by atoms with van der Waals surface area (Å²) in [4.78, 5) is 28.6. The molecule has 7 nitrogen and oxygen atoms in total. The largest absolute Gasteiger partial charge is 0.497 e. The zero-order valence-electron chi connectivity index (χ0n) is 13.3. The van der Waals surface area contributed by atoms with E-state index in [1.807, 2.05) is 0 Å². The molecule has 1 aromatic heterocycles. The Kier molecular flexibility index (Phi) is 4.75. The Balaban J connectivity index is 1.77. The highest BCUT2D eigenvalue weighted by Crippen LogP contribution is 2.31. The maximum atomic E-state index is 12.6. The predicted octanol–water partition coefficient (Wildman–Crippen LogP) is 1.62. The molecule has 0 bridgehead atoms. The zero-order chi connectivity index (χ0) is 17.1. The molecule has 0 saturated heterocycles. The number of methoxy groups -OCH3 is 2. The molecule has 126 valence electrons. The quantitative estimate of drug-likeness (QED) is 0.847. The van der Waals surface area contributed by atoms with Gasteiger partial charge in [0.2, 0.25) is 5.91 Å². The monoisotopic (exact) mass is 347 g/mol. The number of hydrogen-bond acceptors (Lipinski definition) is 6. The molecule has 0 unspecified atom stereocenters. The van der Waals surface area contributed by atoms with E-state index < -0.39 is 0 Å². The van der Waals surface area contributed by atoms with Gasteiger partial charge >= 0.3 is 0 Å². The van der Waals surface area contributed by atoms with Crippen LogP contribution in [0.25, 0.3) is 0 Å². The summed E-state index contributed by atoms with van der Waals surface area (Å²) in [5.74, 6) is 1.25. The number of thioether (sulfide) groups is 1. The summed E-state index contributed by atoms with van der Waals surface area (Å²) >= 11 is 1.41. The number of carbonyl (C=O) groups is 1. The van der Waals surface area contributed by atoms with E-state index in [0.717, 1.165) is 0 Å². The van der Waals surface area contributed by atoms with Crippen molar-refractivity contribution in [2.24, 2.45) is 5.92 Å². The van der Waals surface area contributed by atoms with Crippen LogP contribution in [0.15, 0.2) is 40.4 Å². The second-order valence-electron chi connectivity index (χ2n) is 5.24. The van der Waals surface area contributed by atoms with Crippen LogP contribution in [0.1, 0.15) is 0 Å². The number of hydrogen-bond donors (Lipinski definition) is 1. The maximum absolute atomic E-state index is 12.6. The highest BCUT2D eigenvalue weighted by Gasteiger charge is 2.27. The summed E-state index contributed by atoms with van der Waals surface area (Å²) in [7, 11) is 3.10. The van der Waals surface area contributed by atoms with E-state index in [0.29, 0.717) is 34.6 Å². The molecule has 2 aromatic rings. The number of carbonyl (C=O) groups excluding carboxylic acids is 1. The van der Waals surface area contributed by atoms with Gasteiger partial charge in [0.1, 0.15) is 11.5 Å². The third kappa shape index (κ3) is 3.23. The minimum Gasteiger partial charge on any atom is -0.497 e. The fraction of sp³-hybridized carbons (Fsp3) is 0.312. The number of amides is 1. The SMILES string of the molecule is COc1ccc(NC(=O)[C@@H]2CSc3nccc(=O)n3C2)c(OC)c1. The van der Waals surface area contributed by atoms with Crippen LogP contribution in [0.3, 0.4) is 0 Å². The first-order chi connectivity index (χ1) is 11.6. The van der Waals surface area contributed by atoms with Gasteiger partial charge in [0, 0.05) is 30.6 Å². The van der Waals surface area contributed by atoms with Crippen LogP contribution in [-0.2, 0) is 11.3 Å². The van der Waals surface area contributed by atoms with Crippen molar-refractivity contribution in [1.82, 2.24) is 9.55 Å². The summed E-state index contributed by atoms with van der Waals surface area (Å²) in [6, 6.07) is 6.58. The number of aromatic nitrogens is 2. The molecule has 8 heteroatoms. The number of benzene rings is 1. The fourth-order valence-electron chi connectivity index (χ4n) is 2.45. The van der Waals surface area contributed by atoms with Crippen LogP contribution < -0.4 is 20.3 Å². The van der Waals surface area contributed by atoms with Crippen molar-refractivity contribution in [3.05, 3.63) is 40.8 Å². The van der Waals surface area contributed by atoms with Crippen molar-refractivity contribution in [1.29, 1.82) is 0 Å². The average molecular weight is 347 g/mol. The van der Waals surface area contributed by atoms with Gasteiger partial charge in [-0.15, -0.1) is 0 Å². The van der Waals surface area contributed by atoms with Crippen molar-refractivity contribution < 1.29 is 14.3 Å². The Morgan fingerprint density at radius 1 is 1.33 bits per heavy atom. The first-order valence-corrected chi connectivity index (χ1v) is 8.32. The van der Waals surface area contributed by atoms with Gasteiger partial charge in [-0.05, 0) is 12.1 Å². The third-order valence-corrected chi connectivity index (χ3v) is 4.91. The second-order valence-corrected chi connectivity index (χ2v) is 6.23. The molecule has 24 heavy (non-hydrogen) atoms. The Morgan fingerprint density at radius 3 is 2.92 bits per heavy atom. The molecule has 1 aromatic carbocycles. The van der Waals surface area contributed by atoms with Crippen LogP contribution in [-0.4, -0.2) is 35.4 Å². The fourth-order valence-corrected chi connectivity index (χ4v) is 3.51. The van der Waals surface area contributed by atoms with Gasteiger partial charge < -0.3 is 14.8 Å². The smallest absolute Gasteiger partial charge is 0.254 e. The minimum atomic E-state index is -0.323. The van der Waals surface area contributed by atoms with Crippen molar-refractivity contribution in [2.45, 2.75) is 11.7 Å². The van der Waals surface area contributed by atoms with E-state index in [2.05, 4.69) is 10.3 Å². The lowest BCUT2D eigenvalue weighted by Crippen LogP contribution is -2.36. The normalized spacial score (nSPS) is 16.2. The molecule has 3 rings (SSSR count). The van der Waals surface area contributed by atoms with Crippen LogP contribution >= 0.6 is 11.8 Å². The first kappa shape index (κ1) is 16.4. The lowest BCUT2D eigenvalue weighted by atomic mass is 10.1. The van der Waals surface area contributed by atoms with Gasteiger partial charge in [-0.2, -0.15) is 0 Å². The summed E-state index contributed by atoms with van der Waals surface area (Å²) in [5, 5.41) is 3.51. The molecule has 0 spiro atoms. The van der Waals surface area contributed by atoms with Gasteiger partial charge in [-0.25, -0.2) is 4.98 Å². The number of fused-ring (bicyclic) bond motifs is 1. The topological polar surface area (TPSA) is 82.5 Å².